The molecule has 0 heterocycles. The number of benzene rings is 1. The maximum absolute atomic E-state index is 11.4. The third-order valence-electron chi connectivity index (χ3n) is 3.53. The van der Waals surface area contributed by atoms with Crippen molar-refractivity contribution >= 4 is 5.91 Å². The van der Waals surface area contributed by atoms with Crippen molar-refractivity contribution in [2.24, 2.45) is 0 Å². The molecule has 23 heavy (non-hydrogen) atoms. The summed E-state index contributed by atoms with van der Waals surface area (Å²) in [5.41, 5.74) is 1.15. The smallest absolute Gasteiger partial charge is 0.246 e. The molecule has 0 aliphatic rings. The highest BCUT2D eigenvalue weighted by Gasteiger charge is 2.12. The van der Waals surface area contributed by atoms with Gasteiger partial charge in [0.25, 0.3) is 0 Å². The number of carbonyl (C=O) groups excluding carboxylic acids is 1. The normalized spacial score (nSPS) is 11.4. The van der Waals surface area contributed by atoms with Crippen LogP contribution in [0.4, 0.5) is 0 Å². The molecule has 4 nitrogen and oxygen atoms in total. The zero-order valence-corrected chi connectivity index (χ0v) is 15.8. The summed E-state index contributed by atoms with van der Waals surface area (Å²) in [5.74, 6) is -0.0845. The topological polar surface area (TPSA) is 50.4 Å². The SMILES string of the molecule is CC(C)(C)OCC(=O)NCc1ccccc1.CCC(C)(C)NC. The summed E-state index contributed by atoms with van der Waals surface area (Å²) in [5, 5.41) is 6.00. The molecule has 0 saturated carbocycles. The number of carbonyl (C=O) groups is 1. The van der Waals surface area contributed by atoms with E-state index in [-0.39, 0.29) is 18.1 Å². The van der Waals surface area contributed by atoms with Crippen LogP contribution in [-0.4, -0.2) is 30.7 Å². The standard InChI is InChI=1S/C13H19NO2.C6H15N/c1-13(2,3)16-10-12(15)14-9-11-7-5-4-6-8-11;1-5-6(2,3)7-4/h4-8H,9-10H2,1-3H3,(H,14,15);7H,5H2,1-4H3. The number of amides is 1. The molecule has 0 saturated heterocycles. The van der Waals surface area contributed by atoms with E-state index in [9.17, 15) is 4.79 Å². The maximum atomic E-state index is 11.4. The van der Waals surface area contributed by atoms with Gasteiger partial charge in [0.15, 0.2) is 0 Å². The molecular formula is C19H34N2O2. The Morgan fingerprint density at radius 3 is 2.04 bits per heavy atom. The van der Waals surface area contributed by atoms with Crippen molar-refractivity contribution in [1.29, 1.82) is 0 Å². The second-order valence-corrected chi connectivity index (χ2v) is 7.15. The lowest BCUT2D eigenvalue weighted by Crippen LogP contribution is -2.34. The Kier molecular flexibility index (Phi) is 9.77. The zero-order chi connectivity index (χ0) is 17.9. The molecule has 0 aliphatic carbocycles. The van der Waals surface area contributed by atoms with Gasteiger partial charge in [0, 0.05) is 12.1 Å². The number of hydrogen-bond acceptors (Lipinski definition) is 3. The van der Waals surface area contributed by atoms with Crippen molar-refractivity contribution in [2.45, 2.75) is 65.6 Å². The molecule has 132 valence electrons. The third kappa shape index (κ3) is 12.8. The summed E-state index contributed by atoms with van der Waals surface area (Å²) in [6.07, 6.45) is 1.18. The number of rotatable bonds is 6. The number of ether oxygens (including phenoxy) is 1. The minimum atomic E-state index is -0.274. The van der Waals surface area contributed by atoms with Crippen LogP contribution in [0.2, 0.25) is 0 Å². The molecule has 2 N–H and O–H groups in total. The summed E-state index contributed by atoms with van der Waals surface area (Å²) in [4.78, 5) is 11.4. The van der Waals surface area contributed by atoms with Crippen molar-refractivity contribution in [1.82, 2.24) is 10.6 Å². The third-order valence-corrected chi connectivity index (χ3v) is 3.53. The highest BCUT2D eigenvalue weighted by molar-refractivity contribution is 5.77. The maximum Gasteiger partial charge on any atom is 0.246 e. The van der Waals surface area contributed by atoms with Crippen LogP contribution in [0, 0.1) is 0 Å². The van der Waals surface area contributed by atoms with E-state index >= 15 is 0 Å². The van der Waals surface area contributed by atoms with Crippen LogP contribution in [0.5, 0.6) is 0 Å². The summed E-state index contributed by atoms with van der Waals surface area (Å²) in [7, 11) is 1.99. The summed E-state index contributed by atoms with van der Waals surface area (Å²) >= 11 is 0. The summed E-state index contributed by atoms with van der Waals surface area (Å²) < 4.78 is 5.37. The van der Waals surface area contributed by atoms with Gasteiger partial charge in [-0.15, -0.1) is 0 Å². The average molecular weight is 322 g/mol. The monoisotopic (exact) mass is 322 g/mol. The van der Waals surface area contributed by atoms with Crippen LogP contribution < -0.4 is 10.6 Å². The molecule has 1 aromatic carbocycles. The number of nitrogens with one attached hydrogen (secondary N) is 2. The molecule has 0 aliphatic heterocycles. The second kappa shape index (κ2) is 10.4. The molecule has 1 aromatic rings. The first-order valence-electron chi connectivity index (χ1n) is 8.23. The minimum Gasteiger partial charge on any atom is -0.366 e. The van der Waals surface area contributed by atoms with E-state index < -0.39 is 0 Å². The lowest BCUT2D eigenvalue weighted by molar-refractivity contribution is -0.130. The number of hydrogen-bond donors (Lipinski definition) is 2. The Balaban J connectivity index is 0.000000585. The van der Waals surface area contributed by atoms with Crippen LogP contribution in [0.15, 0.2) is 30.3 Å². The van der Waals surface area contributed by atoms with Crippen molar-refractivity contribution in [2.75, 3.05) is 13.7 Å². The van der Waals surface area contributed by atoms with E-state index in [1.165, 1.54) is 6.42 Å². The Bertz CT molecular complexity index is 430. The van der Waals surface area contributed by atoms with Gasteiger partial charge in [0.05, 0.1) is 5.60 Å². The minimum absolute atomic E-state index is 0.0845. The fraction of sp³-hybridized carbons (Fsp3) is 0.632. The van der Waals surface area contributed by atoms with Crippen LogP contribution >= 0.6 is 0 Å². The van der Waals surface area contributed by atoms with E-state index in [1.807, 2.05) is 58.2 Å². The predicted molar refractivity (Wildman–Crippen MR) is 97.4 cm³/mol. The molecule has 1 amide bonds. The first kappa shape index (κ1) is 21.6. The quantitative estimate of drug-likeness (QED) is 0.842. The van der Waals surface area contributed by atoms with E-state index in [0.717, 1.165) is 5.56 Å². The molecule has 0 aromatic heterocycles. The van der Waals surface area contributed by atoms with Gasteiger partial charge < -0.3 is 15.4 Å². The van der Waals surface area contributed by atoms with Gasteiger partial charge in [-0.1, -0.05) is 37.3 Å². The van der Waals surface area contributed by atoms with Crippen molar-refractivity contribution in [3.8, 4) is 0 Å². The van der Waals surface area contributed by atoms with Gasteiger partial charge in [-0.2, -0.15) is 0 Å². The van der Waals surface area contributed by atoms with Gasteiger partial charge in [-0.25, -0.2) is 0 Å². The molecule has 0 radical (unpaired) electrons. The van der Waals surface area contributed by atoms with Gasteiger partial charge in [-0.05, 0) is 53.7 Å². The van der Waals surface area contributed by atoms with Crippen molar-refractivity contribution in [3.63, 3.8) is 0 Å². The highest BCUT2D eigenvalue weighted by Crippen LogP contribution is 2.05. The summed E-state index contributed by atoms with van der Waals surface area (Å²) in [6.45, 7) is 13.0. The Hall–Kier alpha value is -1.39. The largest absolute Gasteiger partial charge is 0.366 e. The molecular weight excluding hydrogens is 288 g/mol. The molecule has 4 heteroatoms. The Morgan fingerprint density at radius 2 is 1.65 bits per heavy atom. The first-order valence-corrected chi connectivity index (χ1v) is 8.23. The van der Waals surface area contributed by atoms with E-state index in [4.69, 9.17) is 4.74 Å². The second-order valence-electron chi connectivity index (χ2n) is 7.15. The van der Waals surface area contributed by atoms with Crippen LogP contribution in [0.25, 0.3) is 0 Å². The van der Waals surface area contributed by atoms with E-state index in [2.05, 4.69) is 31.4 Å². The lowest BCUT2D eigenvalue weighted by Gasteiger charge is -2.20. The van der Waals surface area contributed by atoms with E-state index in [1.54, 1.807) is 0 Å². The Morgan fingerprint density at radius 1 is 1.09 bits per heavy atom. The predicted octanol–water partition coefficient (Wildman–Crippen LogP) is 3.51. The highest BCUT2D eigenvalue weighted by atomic mass is 16.5. The van der Waals surface area contributed by atoms with Crippen LogP contribution in [0.1, 0.15) is 53.5 Å². The van der Waals surface area contributed by atoms with E-state index in [0.29, 0.717) is 12.1 Å². The van der Waals surface area contributed by atoms with Crippen LogP contribution in [-0.2, 0) is 16.1 Å². The fourth-order valence-electron chi connectivity index (χ4n) is 1.31. The summed E-state index contributed by atoms with van der Waals surface area (Å²) in [6, 6.07) is 9.81. The Labute approximate surface area is 142 Å². The van der Waals surface area contributed by atoms with Gasteiger partial charge >= 0.3 is 0 Å². The molecule has 0 unspecified atom stereocenters. The van der Waals surface area contributed by atoms with Crippen LogP contribution in [0.3, 0.4) is 0 Å². The average Bonchev–Trinajstić information content (AvgIpc) is 2.52. The molecule has 0 atom stereocenters. The first-order chi connectivity index (χ1) is 10.6. The molecule has 0 spiro atoms. The molecule has 0 fully saturated rings. The molecule has 0 bridgehead atoms. The van der Waals surface area contributed by atoms with Crippen molar-refractivity contribution in [3.05, 3.63) is 35.9 Å². The van der Waals surface area contributed by atoms with Gasteiger partial charge in [-0.3, -0.25) is 4.79 Å². The van der Waals surface area contributed by atoms with Gasteiger partial charge in [0.2, 0.25) is 5.91 Å². The lowest BCUT2D eigenvalue weighted by atomic mass is 10.0. The van der Waals surface area contributed by atoms with Crippen molar-refractivity contribution < 1.29 is 9.53 Å². The molecule has 1 rings (SSSR count). The zero-order valence-electron chi connectivity index (χ0n) is 15.8. The van der Waals surface area contributed by atoms with Gasteiger partial charge in [0.1, 0.15) is 6.61 Å². The fourth-order valence-corrected chi connectivity index (χ4v) is 1.31.